The maximum absolute atomic E-state index is 5.45. The number of rotatable bonds is 3. The molecule has 0 aromatic carbocycles. The summed E-state index contributed by atoms with van der Waals surface area (Å²) in [5.74, 6) is 0. The highest BCUT2D eigenvalue weighted by atomic mass is 16.5. The third-order valence-corrected chi connectivity index (χ3v) is 2.48. The van der Waals surface area contributed by atoms with Crippen molar-refractivity contribution in [2.75, 3.05) is 20.2 Å². The van der Waals surface area contributed by atoms with Crippen LogP contribution < -0.4 is 5.32 Å². The van der Waals surface area contributed by atoms with E-state index in [0.29, 0.717) is 0 Å². The van der Waals surface area contributed by atoms with Crippen LogP contribution in [0.4, 0.5) is 0 Å². The molecule has 0 unspecified atom stereocenters. The fraction of sp³-hybridized carbons (Fsp3) is 0.750. The Kier molecular flexibility index (Phi) is 2.05. The summed E-state index contributed by atoms with van der Waals surface area (Å²) in [4.78, 5) is 0. The Hall–Kier alpha value is -0.940. The lowest BCUT2D eigenvalue weighted by Gasteiger charge is -2.40. The second kappa shape index (κ2) is 3.08. The Morgan fingerprint density at radius 2 is 2.46 bits per heavy atom. The number of aryl methyl sites for hydroxylation is 1. The lowest BCUT2D eigenvalue weighted by molar-refractivity contribution is -0.0508. The van der Waals surface area contributed by atoms with Gasteiger partial charge in [-0.15, -0.1) is 5.10 Å². The van der Waals surface area contributed by atoms with Crippen LogP contribution in [0.2, 0.25) is 0 Å². The van der Waals surface area contributed by atoms with Gasteiger partial charge in [-0.1, -0.05) is 5.21 Å². The molecule has 2 heterocycles. The summed E-state index contributed by atoms with van der Waals surface area (Å²) < 4.78 is 7.16. The van der Waals surface area contributed by atoms with Crippen LogP contribution in [-0.2, 0) is 18.2 Å². The average Bonchev–Trinajstić information content (AvgIpc) is 2.44. The molecule has 1 aliphatic heterocycles. The monoisotopic (exact) mass is 182 g/mol. The largest absolute Gasteiger partial charge is 0.375 e. The molecule has 0 saturated carbocycles. The first-order valence-corrected chi connectivity index (χ1v) is 4.35. The molecule has 0 amide bonds. The lowest BCUT2D eigenvalue weighted by Crippen LogP contribution is -2.61. The minimum Gasteiger partial charge on any atom is -0.375 e. The molecule has 0 bridgehead atoms. The van der Waals surface area contributed by atoms with Crippen molar-refractivity contribution in [3.63, 3.8) is 0 Å². The van der Waals surface area contributed by atoms with Crippen LogP contribution in [0, 0.1) is 0 Å². The minimum absolute atomic E-state index is 0.0456. The van der Waals surface area contributed by atoms with Gasteiger partial charge in [0, 0.05) is 39.9 Å². The molecular weight excluding hydrogens is 168 g/mol. The van der Waals surface area contributed by atoms with Gasteiger partial charge in [-0.05, 0) is 0 Å². The van der Waals surface area contributed by atoms with Crippen molar-refractivity contribution < 1.29 is 4.74 Å². The van der Waals surface area contributed by atoms with E-state index in [1.165, 1.54) is 0 Å². The molecule has 1 aromatic heterocycles. The summed E-state index contributed by atoms with van der Waals surface area (Å²) in [7, 11) is 3.62. The fourth-order valence-corrected chi connectivity index (χ4v) is 1.55. The first kappa shape index (κ1) is 8.65. The van der Waals surface area contributed by atoms with Crippen LogP contribution in [0.15, 0.2) is 6.20 Å². The zero-order chi connectivity index (χ0) is 9.31. The average molecular weight is 182 g/mol. The molecule has 5 heteroatoms. The number of aromatic nitrogens is 3. The van der Waals surface area contributed by atoms with Gasteiger partial charge in [0.1, 0.15) is 0 Å². The lowest BCUT2D eigenvalue weighted by atomic mass is 9.91. The second-order valence-corrected chi connectivity index (χ2v) is 3.55. The van der Waals surface area contributed by atoms with E-state index in [9.17, 15) is 0 Å². The van der Waals surface area contributed by atoms with Gasteiger partial charge in [0.2, 0.25) is 0 Å². The topological polar surface area (TPSA) is 52.0 Å². The molecule has 1 N–H and O–H groups in total. The van der Waals surface area contributed by atoms with Gasteiger partial charge in [0.05, 0.1) is 11.3 Å². The molecule has 13 heavy (non-hydrogen) atoms. The molecule has 1 aromatic rings. The highest BCUT2D eigenvalue weighted by Gasteiger charge is 2.37. The third-order valence-electron chi connectivity index (χ3n) is 2.48. The predicted molar refractivity (Wildman–Crippen MR) is 47.3 cm³/mol. The molecule has 5 nitrogen and oxygen atoms in total. The Bertz CT molecular complexity index is 287. The van der Waals surface area contributed by atoms with Crippen molar-refractivity contribution >= 4 is 0 Å². The molecule has 0 spiro atoms. The first-order chi connectivity index (χ1) is 6.24. The van der Waals surface area contributed by atoms with Gasteiger partial charge in [-0.3, -0.25) is 4.68 Å². The van der Waals surface area contributed by atoms with Crippen LogP contribution >= 0.6 is 0 Å². The van der Waals surface area contributed by atoms with Crippen LogP contribution in [0.25, 0.3) is 0 Å². The van der Waals surface area contributed by atoms with E-state index in [1.54, 1.807) is 11.8 Å². The van der Waals surface area contributed by atoms with Crippen LogP contribution in [0.5, 0.6) is 0 Å². The third kappa shape index (κ3) is 1.57. The van der Waals surface area contributed by atoms with E-state index < -0.39 is 0 Å². The van der Waals surface area contributed by atoms with Gasteiger partial charge < -0.3 is 10.1 Å². The van der Waals surface area contributed by atoms with Crippen molar-refractivity contribution in [3.05, 3.63) is 11.9 Å². The normalized spacial score (nSPS) is 19.8. The fourth-order valence-electron chi connectivity index (χ4n) is 1.55. The van der Waals surface area contributed by atoms with E-state index >= 15 is 0 Å². The smallest absolute Gasteiger partial charge is 0.0982 e. The molecule has 1 saturated heterocycles. The van der Waals surface area contributed by atoms with Gasteiger partial charge >= 0.3 is 0 Å². The molecule has 72 valence electrons. The quantitative estimate of drug-likeness (QED) is 0.674. The zero-order valence-corrected chi connectivity index (χ0v) is 7.95. The molecule has 1 fully saturated rings. The molecule has 0 atom stereocenters. The van der Waals surface area contributed by atoms with E-state index in [2.05, 4.69) is 15.6 Å². The summed E-state index contributed by atoms with van der Waals surface area (Å²) in [5.41, 5.74) is 0.946. The van der Waals surface area contributed by atoms with Gasteiger partial charge in [0.15, 0.2) is 0 Å². The van der Waals surface area contributed by atoms with Gasteiger partial charge in [0.25, 0.3) is 0 Å². The summed E-state index contributed by atoms with van der Waals surface area (Å²) >= 11 is 0. The molecule has 2 rings (SSSR count). The standard InChI is InChI=1S/C8H14N4O/c1-12-4-7(10-11-12)3-8(13-2)5-9-6-8/h4,9H,3,5-6H2,1-2H3. The van der Waals surface area contributed by atoms with Crippen molar-refractivity contribution in [2.45, 2.75) is 12.0 Å². The summed E-state index contributed by atoms with van der Waals surface area (Å²) in [6.45, 7) is 1.81. The number of hydrogen-bond donors (Lipinski definition) is 1. The Morgan fingerprint density at radius 1 is 1.69 bits per heavy atom. The Morgan fingerprint density at radius 3 is 2.85 bits per heavy atom. The highest BCUT2D eigenvalue weighted by molar-refractivity contribution is 5.06. The van der Waals surface area contributed by atoms with Crippen molar-refractivity contribution in [2.24, 2.45) is 7.05 Å². The second-order valence-electron chi connectivity index (χ2n) is 3.55. The number of nitrogens with zero attached hydrogens (tertiary/aromatic N) is 3. The van der Waals surface area contributed by atoms with Gasteiger partial charge in [-0.2, -0.15) is 0 Å². The summed E-state index contributed by atoms with van der Waals surface area (Å²) in [6, 6.07) is 0. The molecule has 0 radical (unpaired) electrons. The summed E-state index contributed by atoms with van der Waals surface area (Å²) in [5, 5.41) is 11.1. The van der Waals surface area contributed by atoms with E-state index in [4.69, 9.17) is 4.74 Å². The minimum atomic E-state index is -0.0456. The number of nitrogens with one attached hydrogen (secondary N) is 1. The van der Waals surface area contributed by atoms with E-state index in [1.807, 2.05) is 13.2 Å². The highest BCUT2D eigenvalue weighted by Crippen LogP contribution is 2.20. The maximum atomic E-state index is 5.45. The summed E-state index contributed by atoms with van der Waals surface area (Å²) in [6.07, 6.45) is 2.77. The van der Waals surface area contributed by atoms with Crippen molar-refractivity contribution in [3.8, 4) is 0 Å². The van der Waals surface area contributed by atoms with Crippen LogP contribution in [0.1, 0.15) is 5.69 Å². The predicted octanol–water partition coefficient (Wildman–Crippen LogP) is -0.654. The molecule has 1 aliphatic rings. The SMILES string of the molecule is COC1(Cc2cn(C)nn2)CNC1. The van der Waals surface area contributed by atoms with E-state index in [0.717, 1.165) is 25.2 Å². The number of hydrogen-bond acceptors (Lipinski definition) is 4. The Labute approximate surface area is 77.1 Å². The number of ether oxygens (including phenoxy) is 1. The zero-order valence-electron chi connectivity index (χ0n) is 7.95. The van der Waals surface area contributed by atoms with Crippen LogP contribution in [0.3, 0.4) is 0 Å². The maximum Gasteiger partial charge on any atom is 0.0982 e. The van der Waals surface area contributed by atoms with Gasteiger partial charge in [-0.25, -0.2) is 0 Å². The first-order valence-electron chi connectivity index (χ1n) is 4.35. The molecular formula is C8H14N4O. The van der Waals surface area contributed by atoms with Crippen LogP contribution in [-0.4, -0.2) is 40.8 Å². The number of methoxy groups -OCH3 is 1. The Balaban J connectivity index is 2.04. The van der Waals surface area contributed by atoms with Crippen molar-refractivity contribution in [1.82, 2.24) is 20.3 Å². The van der Waals surface area contributed by atoms with E-state index in [-0.39, 0.29) is 5.60 Å². The van der Waals surface area contributed by atoms with Crippen molar-refractivity contribution in [1.29, 1.82) is 0 Å². The molecule has 0 aliphatic carbocycles.